The Morgan fingerprint density at radius 2 is 1.88 bits per heavy atom. The standard InChI is InChI=1S/C16H16Br2N2O3S/c1-3-23-16-12(8-13(17)9-15(16)18)10-19-20-24(21,22)14-6-4-11(2)5-7-14/h4-10,20H,3H2,1-2H3. The first-order valence-corrected chi connectivity index (χ1v) is 10.1. The second kappa shape index (κ2) is 8.13. The molecule has 0 heterocycles. The lowest BCUT2D eigenvalue weighted by Crippen LogP contribution is -2.18. The van der Waals surface area contributed by atoms with Crippen molar-refractivity contribution >= 4 is 48.1 Å². The maximum atomic E-state index is 12.2. The van der Waals surface area contributed by atoms with Crippen molar-refractivity contribution < 1.29 is 13.2 Å². The van der Waals surface area contributed by atoms with Crippen molar-refractivity contribution in [2.45, 2.75) is 18.7 Å². The lowest BCUT2D eigenvalue weighted by atomic mass is 10.2. The van der Waals surface area contributed by atoms with Crippen LogP contribution in [0.1, 0.15) is 18.1 Å². The number of nitrogens with zero attached hydrogens (tertiary/aromatic N) is 1. The topological polar surface area (TPSA) is 67.8 Å². The van der Waals surface area contributed by atoms with Crippen LogP contribution in [0.3, 0.4) is 0 Å². The first-order valence-electron chi connectivity index (χ1n) is 7.07. The van der Waals surface area contributed by atoms with Gasteiger partial charge in [-0.2, -0.15) is 13.5 Å². The van der Waals surface area contributed by atoms with Crippen LogP contribution in [-0.4, -0.2) is 21.2 Å². The number of aryl methyl sites for hydroxylation is 1. The maximum absolute atomic E-state index is 12.2. The van der Waals surface area contributed by atoms with Gasteiger partial charge in [0, 0.05) is 10.0 Å². The summed E-state index contributed by atoms with van der Waals surface area (Å²) in [5.74, 6) is 0.596. The minimum atomic E-state index is -3.70. The van der Waals surface area contributed by atoms with Gasteiger partial charge in [-0.1, -0.05) is 33.6 Å². The molecule has 0 bridgehead atoms. The second-order valence-electron chi connectivity index (χ2n) is 4.90. The van der Waals surface area contributed by atoms with E-state index >= 15 is 0 Å². The fourth-order valence-corrected chi connectivity index (χ4v) is 4.07. The van der Waals surface area contributed by atoms with E-state index in [9.17, 15) is 8.42 Å². The highest BCUT2D eigenvalue weighted by atomic mass is 79.9. The average molecular weight is 476 g/mol. The monoisotopic (exact) mass is 474 g/mol. The number of hydrazone groups is 1. The summed E-state index contributed by atoms with van der Waals surface area (Å²) in [6.07, 6.45) is 1.41. The molecule has 0 aliphatic heterocycles. The molecule has 0 amide bonds. The summed E-state index contributed by atoms with van der Waals surface area (Å²) in [5, 5.41) is 3.85. The molecule has 0 saturated heterocycles. The Morgan fingerprint density at radius 1 is 1.21 bits per heavy atom. The van der Waals surface area contributed by atoms with Crippen molar-refractivity contribution in [2.75, 3.05) is 6.61 Å². The Kier molecular flexibility index (Phi) is 6.42. The van der Waals surface area contributed by atoms with E-state index in [4.69, 9.17) is 4.74 Å². The minimum absolute atomic E-state index is 0.158. The average Bonchev–Trinajstić information content (AvgIpc) is 2.51. The van der Waals surface area contributed by atoms with Crippen LogP contribution in [0.15, 0.2) is 55.3 Å². The molecule has 5 nitrogen and oxygen atoms in total. The lowest BCUT2D eigenvalue weighted by Gasteiger charge is -2.10. The molecule has 0 atom stereocenters. The van der Waals surface area contributed by atoms with Gasteiger partial charge in [0.1, 0.15) is 5.75 Å². The third-order valence-corrected chi connectivity index (χ3v) is 5.32. The quantitative estimate of drug-likeness (QED) is 0.502. The summed E-state index contributed by atoms with van der Waals surface area (Å²) in [6, 6.07) is 10.2. The van der Waals surface area contributed by atoms with Gasteiger partial charge in [-0.15, -0.1) is 0 Å². The molecule has 0 unspecified atom stereocenters. The molecule has 0 aliphatic rings. The molecule has 8 heteroatoms. The van der Waals surface area contributed by atoms with E-state index in [-0.39, 0.29) is 4.90 Å². The molecule has 0 spiro atoms. The molecule has 128 valence electrons. The highest BCUT2D eigenvalue weighted by Gasteiger charge is 2.13. The lowest BCUT2D eigenvalue weighted by molar-refractivity contribution is 0.337. The van der Waals surface area contributed by atoms with Gasteiger partial charge in [-0.3, -0.25) is 0 Å². The van der Waals surface area contributed by atoms with Crippen molar-refractivity contribution in [1.82, 2.24) is 4.83 Å². The first-order chi connectivity index (χ1) is 11.3. The molecule has 0 aromatic heterocycles. The first kappa shape index (κ1) is 19.0. The van der Waals surface area contributed by atoms with Crippen molar-refractivity contribution in [1.29, 1.82) is 0 Å². The Hall–Kier alpha value is -1.38. The second-order valence-corrected chi connectivity index (χ2v) is 8.34. The summed E-state index contributed by atoms with van der Waals surface area (Å²) < 4.78 is 31.5. The van der Waals surface area contributed by atoms with Gasteiger partial charge in [0.15, 0.2) is 0 Å². The molecule has 2 aromatic rings. The molecule has 2 rings (SSSR count). The summed E-state index contributed by atoms with van der Waals surface area (Å²) in [6.45, 7) is 4.24. The van der Waals surface area contributed by atoms with E-state index in [0.29, 0.717) is 17.9 Å². The number of nitrogens with one attached hydrogen (secondary N) is 1. The van der Waals surface area contributed by atoms with E-state index in [2.05, 4.69) is 41.8 Å². The van der Waals surface area contributed by atoms with Crippen LogP contribution in [0.4, 0.5) is 0 Å². The molecule has 0 aliphatic carbocycles. The number of benzene rings is 2. The molecule has 24 heavy (non-hydrogen) atoms. The fraction of sp³-hybridized carbons (Fsp3) is 0.188. The van der Waals surface area contributed by atoms with Crippen LogP contribution in [0, 0.1) is 6.92 Å². The largest absolute Gasteiger partial charge is 0.492 e. The van der Waals surface area contributed by atoms with E-state index in [1.165, 1.54) is 18.3 Å². The summed E-state index contributed by atoms with van der Waals surface area (Å²) >= 11 is 6.81. The molecule has 0 radical (unpaired) electrons. The van der Waals surface area contributed by atoms with E-state index in [0.717, 1.165) is 14.5 Å². The molecular formula is C16H16Br2N2O3S. The van der Waals surface area contributed by atoms with Crippen molar-refractivity contribution in [2.24, 2.45) is 5.10 Å². The third-order valence-electron chi connectivity index (χ3n) is 3.03. The highest BCUT2D eigenvalue weighted by molar-refractivity contribution is 9.11. The number of hydrogen-bond acceptors (Lipinski definition) is 4. The maximum Gasteiger partial charge on any atom is 0.276 e. The van der Waals surface area contributed by atoms with Gasteiger partial charge in [0.25, 0.3) is 10.0 Å². The SMILES string of the molecule is CCOc1c(Br)cc(Br)cc1C=NNS(=O)(=O)c1ccc(C)cc1. The van der Waals surface area contributed by atoms with Crippen LogP contribution in [0.5, 0.6) is 5.75 Å². The van der Waals surface area contributed by atoms with Crippen molar-refractivity contribution in [3.05, 3.63) is 56.5 Å². The predicted octanol–water partition coefficient (Wildman–Crippen LogP) is 4.23. The Labute approximate surface area is 158 Å². The number of sulfonamides is 1. The zero-order valence-electron chi connectivity index (χ0n) is 13.1. The van der Waals surface area contributed by atoms with Gasteiger partial charge < -0.3 is 4.74 Å². The molecule has 0 fully saturated rings. The van der Waals surface area contributed by atoms with Crippen LogP contribution in [0.2, 0.25) is 0 Å². The van der Waals surface area contributed by atoms with Gasteiger partial charge in [0.05, 0.1) is 22.2 Å². The number of halogens is 2. The third kappa shape index (κ3) is 4.81. The van der Waals surface area contributed by atoms with E-state index in [1.807, 2.05) is 19.9 Å². The number of rotatable bonds is 6. The number of ether oxygens (including phenoxy) is 1. The molecular weight excluding hydrogens is 460 g/mol. The number of hydrogen-bond donors (Lipinski definition) is 1. The summed E-state index contributed by atoms with van der Waals surface area (Å²) in [7, 11) is -3.70. The van der Waals surface area contributed by atoms with Crippen LogP contribution >= 0.6 is 31.9 Å². The molecule has 2 aromatic carbocycles. The fourth-order valence-electron chi connectivity index (χ4n) is 1.91. The minimum Gasteiger partial charge on any atom is -0.492 e. The van der Waals surface area contributed by atoms with Crippen LogP contribution in [-0.2, 0) is 10.0 Å². The predicted molar refractivity (Wildman–Crippen MR) is 102 cm³/mol. The smallest absolute Gasteiger partial charge is 0.276 e. The molecule has 1 N–H and O–H groups in total. The molecule has 0 saturated carbocycles. The van der Waals surface area contributed by atoms with E-state index < -0.39 is 10.0 Å². The van der Waals surface area contributed by atoms with Crippen LogP contribution in [0.25, 0.3) is 0 Å². The van der Waals surface area contributed by atoms with Gasteiger partial charge in [0.2, 0.25) is 0 Å². The normalized spacial score (nSPS) is 11.7. The van der Waals surface area contributed by atoms with Gasteiger partial charge in [-0.05, 0) is 54.0 Å². The van der Waals surface area contributed by atoms with Gasteiger partial charge in [-0.25, -0.2) is 4.83 Å². The summed E-state index contributed by atoms with van der Waals surface area (Å²) in [4.78, 5) is 2.37. The Morgan fingerprint density at radius 3 is 2.50 bits per heavy atom. The summed E-state index contributed by atoms with van der Waals surface area (Å²) in [5.41, 5.74) is 1.63. The van der Waals surface area contributed by atoms with Crippen molar-refractivity contribution in [3.63, 3.8) is 0 Å². The Bertz CT molecular complexity index is 850. The zero-order chi connectivity index (χ0) is 17.7. The van der Waals surface area contributed by atoms with Crippen molar-refractivity contribution in [3.8, 4) is 5.75 Å². The van der Waals surface area contributed by atoms with Crippen LogP contribution < -0.4 is 9.57 Å². The highest BCUT2D eigenvalue weighted by Crippen LogP contribution is 2.32. The van der Waals surface area contributed by atoms with Gasteiger partial charge >= 0.3 is 0 Å². The van der Waals surface area contributed by atoms with E-state index in [1.54, 1.807) is 18.2 Å². The Balaban J connectivity index is 2.24. The zero-order valence-corrected chi connectivity index (χ0v) is 17.1.